The number of aliphatic hydroxyl groups excluding tert-OH is 2. The van der Waals surface area contributed by atoms with E-state index >= 15 is 0 Å². The number of hydrogen-bond donors (Lipinski definition) is 4. The average Bonchev–Trinajstić information content (AvgIpc) is 2.82. The first kappa shape index (κ1) is 29.2. The summed E-state index contributed by atoms with van der Waals surface area (Å²) in [6.45, 7) is 5.62. The van der Waals surface area contributed by atoms with Crippen LogP contribution in [0.3, 0.4) is 0 Å². The van der Waals surface area contributed by atoms with Crippen LogP contribution in [0.5, 0.6) is 0 Å². The summed E-state index contributed by atoms with van der Waals surface area (Å²) in [6.07, 6.45) is 1.53. The maximum absolute atomic E-state index is 10.6. The van der Waals surface area contributed by atoms with Crippen LogP contribution >= 0.6 is 0 Å². The minimum absolute atomic E-state index is 0.0417. The molecule has 0 atom stereocenters. The number of aromatic carboxylic acids is 2. The molecule has 0 aliphatic rings. The smallest absolute Gasteiger partial charge is 0.335 e. The number of carboxylic acids is 2. The molecule has 2 rings (SSSR count). The summed E-state index contributed by atoms with van der Waals surface area (Å²) in [5.74, 6) is -1.69. The van der Waals surface area contributed by atoms with E-state index in [0.29, 0.717) is 37.6 Å². The third-order valence-corrected chi connectivity index (χ3v) is 4.10. The molecule has 32 heavy (non-hydrogen) atoms. The van der Waals surface area contributed by atoms with Gasteiger partial charge in [0, 0.05) is 0 Å². The van der Waals surface area contributed by atoms with E-state index in [4.69, 9.17) is 29.9 Å². The number of ether oxygens (including phenoxy) is 2. The van der Waals surface area contributed by atoms with Gasteiger partial charge in [0.1, 0.15) is 0 Å². The van der Waals surface area contributed by atoms with Crippen molar-refractivity contribution in [2.45, 2.75) is 26.7 Å². The summed E-state index contributed by atoms with van der Waals surface area (Å²) in [5, 5.41) is 33.9. The first-order chi connectivity index (χ1) is 15.4. The number of aliphatic hydroxyl groups is 2. The first-order valence-corrected chi connectivity index (χ1v) is 10.4. The van der Waals surface area contributed by atoms with E-state index in [1.165, 1.54) is 0 Å². The molecule has 2 aromatic rings. The van der Waals surface area contributed by atoms with E-state index in [1.807, 2.05) is 38.1 Å². The molecule has 2 aromatic carbocycles. The van der Waals surface area contributed by atoms with Gasteiger partial charge < -0.3 is 29.9 Å². The highest BCUT2D eigenvalue weighted by atomic mass is 16.5. The maximum Gasteiger partial charge on any atom is 0.335 e. The van der Waals surface area contributed by atoms with Crippen molar-refractivity contribution in [1.29, 1.82) is 0 Å². The second-order valence-electron chi connectivity index (χ2n) is 6.30. The zero-order valence-corrected chi connectivity index (χ0v) is 18.7. The summed E-state index contributed by atoms with van der Waals surface area (Å²) in [7, 11) is 0. The molecule has 0 amide bonds. The normalized spacial score (nSPS) is 9.75. The van der Waals surface area contributed by atoms with Crippen molar-refractivity contribution >= 4 is 11.9 Å². The van der Waals surface area contributed by atoms with Crippen LogP contribution in [0.1, 0.15) is 45.7 Å². The molecular formula is C24H34O8. The molecule has 0 aliphatic heterocycles. The third kappa shape index (κ3) is 12.8. The van der Waals surface area contributed by atoms with Gasteiger partial charge in [0.2, 0.25) is 0 Å². The molecule has 8 nitrogen and oxygen atoms in total. The molecule has 0 bridgehead atoms. The van der Waals surface area contributed by atoms with Gasteiger partial charge in [0.05, 0.1) is 50.8 Å². The first-order valence-electron chi connectivity index (χ1n) is 10.4. The Balaban J connectivity index is 0.000000452. The van der Waals surface area contributed by atoms with E-state index in [-0.39, 0.29) is 13.2 Å². The van der Waals surface area contributed by atoms with Crippen LogP contribution in [0.15, 0.2) is 48.5 Å². The van der Waals surface area contributed by atoms with Gasteiger partial charge in [0.25, 0.3) is 0 Å². The molecule has 0 unspecified atom stereocenters. The van der Waals surface area contributed by atoms with E-state index in [9.17, 15) is 9.59 Å². The van der Waals surface area contributed by atoms with Crippen molar-refractivity contribution in [2.24, 2.45) is 0 Å². The third-order valence-electron chi connectivity index (χ3n) is 4.10. The Hall–Kier alpha value is -2.78. The average molecular weight is 451 g/mol. The SMILES string of the molecule is CCc1ccccc1C(=O)O.CCc1ccccc1C(=O)O.OCCOCCOCCO. The highest BCUT2D eigenvalue weighted by Gasteiger charge is 2.06. The van der Waals surface area contributed by atoms with Crippen molar-refractivity contribution in [3.63, 3.8) is 0 Å². The van der Waals surface area contributed by atoms with Crippen LogP contribution in [0.4, 0.5) is 0 Å². The van der Waals surface area contributed by atoms with Gasteiger partial charge in [-0.2, -0.15) is 0 Å². The van der Waals surface area contributed by atoms with Crippen molar-refractivity contribution in [2.75, 3.05) is 39.6 Å². The fraction of sp³-hybridized carbons (Fsp3) is 0.417. The number of carboxylic acid groups (broad SMARTS) is 2. The second kappa shape index (κ2) is 18.9. The number of rotatable bonds is 11. The van der Waals surface area contributed by atoms with E-state index in [0.717, 1.165) is 24.0 Å². The molecule has 0 heterocycles. The minimum Gasteiger partial charge on any atom is -0.478 e. The highest BCUT2D eigenvalue weighted by molar-refractivity contribution is 5.89. The predicted molar refractivity (Wildman–Crippen MR) is 121 cm³/mol. The van der Waals surface area contributed by atoms with Crippen LogP contribution in [-0.4, -0.2) is 72.0 Å². The molecule has 0 aromatic heterocycles. The molecule has 0 saturated heterocycles. The monoisotopic (exact) mass is 450 g/mol. The molecule has 178 valence electrons. The summed E-state index contributed by atoms with van der Waals surface area (Å²) >= 11 is 0. The Morgan fingerprint density at radius 2 is 1.00 bits per heavy atom. The number of hydrogen-bond acceptors (Lipinski definition) is 6. The van der Waals surface area contributed by atoms with Crippen molar-refractivity contribution in [3.8, 4) is 0 Å². The Morgan fingerprint density at radius 3 is 1.25 bits per heavy atom. The summed E-state index contributed by atoms with van der Waals surface area (Å²) < 4.78 is 9.75. The lowest BCUT2D eigenvalue weighted by atomic mass is 10.1. The highest BCUT2D eigenvalue weighted by Crippen LogP contribution is 2.09. The largest absolute Gasteiger partial charge is 0.478 e. The zero-order valence-electron chi connectivity index (χ0n) is 18.7. The van der Waals surface area contributed by atoms with E-state index < -0.39 is 11.9 Å². The Labute approximate surface area is 189 Å². The second-order valence-corrected chi connectivity index (χ2v) is 6.30. The molecule has 0 fully saturated rings. The Kier molecular flexibility index (Phi) is 17.3. The van der Waals surface area contributed by atoms with Crippen molar-refractivity contribution < 1.29 is 39.5 Å². The van der Waals surface area contributed by atoms with E-state index in [2.05, 4.69) is 0 Å². The lowest BCUT2D eigenvalue weighted by Crippen LogP contribution is -2.09. The molecule has 8 heteroatoms. The fourth-order valence-electron chi connectivity index (χ4n) is 2.53. The molecule has 4 N–H and O–H groups in total. The minimum atomic E-state index is -0.845. The molecule has 0 spiro atoms. The van der Waals surface area contributed by atoms with Gasteiger partial charge in [0.15, 0.2) is 0 Å². The lowest BCUT2D eigenvalue weighted by molar-refractivity contribution is 0.0222. The molecule has 0 radical (unpaired) electrons. The molecular weight excluding hydrogens is 416 g/mol. The Morgan fingerprint density at radius 1 is 0.656 bits per heavy atom. The fourth-order valence-corrected chi connectivity index (χ4v) is 2.53. The van der Waals surface area contributed by atoms with Crippen LogP contribution in [0.2, 0.25) is 0 Å². The molecule has 0 aliphatic carbocycles. The van der Waals surface area contributed by atoms with Crippen molar-refractivity contribution in [1.82, 2.24) is 0 Å². The van der Waals surface area contributed by atoms with Crippen LogP contribution < -0.4 is 0 Å². The number of carbonyl (C=O) groups is 2. The number of benzene rings is 2. The van der Waals surface area contributed by atoms with Crippen LogP contribution in [-0.2, 0) is 22.3 Å². The summed E-state index contributed by atoms with van der Waals surface area (Å²) in [6, 6.07) is 14.1. The van der Waals surface area contributed by atoms with Crippen molar-refractivity contribution in [3.05, 3.63) is 70.8 Å². The number of aryl methyl sites for hydroxylation is 2. The summed E-state index contributed by atoms with van der Waals surface area (Å²) in [5.41, 5.74) is 2.60. The van der Waals surface area contributed by atoms with Gasteiger partial charge in [-0.3, -0.25) is 0 Å². The van der Waals surface area contributed by atoms with Gasteiger partial charge in [-0.05, 0) is 36.1 Å². The van der Waals surface area contributed by atoms with Gasteiger partial charge >= 0.3 is 11.9 Å². The topological polar surface area (TPSA) is 134 Å². The predicted octanol–water partition coefficient (Wildman–Crippen LogP) is 2.90. The van der Waals surface area contributed by atoms with Crippen LogP contribution in [0, 0.1) is 0 Å². The standard InChI is InChI=1S/2C9H10O2.C6H14O4/c2*1-2-7-5-3-4-6-8(7)9(10)11;7-1-3-9-5-6-10-4-2-8/h2*3-6H,2H2,1H3,(H,10,11);7-8H,1-6H2. The molecule has 0 saturated carbocycles. The quantitative estimate of drug-likeness (QED) is 0.384. The maximum atomic E-state index is 10.6. The Bertz CT molecular complexity index is 711. The van der Waals surface area contributed by atoms with Gasteiger partial charge in [-0.1, -0.05) is 50.2 Å². The van der Waals surface area contributed by atoms with E-state index in [1.54, 1.807) is 24.3 Å². The zero-order chi connectivity index (χ0) is 24.2. The van der Waals surface area contributed by atoms with Gasteiger partial charge in [-0.15, -0.1) is 0 Å². The summed E-state index contributed by atoms with van der Waals surface area (Å²) in [4.78, 5) is 21.2. The lowest BCUT2D eigenvalue weighted by Gasteiger charge is -2.01. The van der Waals surface area contributed by atoms with Crippen LogP contribution in [0.25, 0.3) is 0 Å². The van der Waals surface area contributed by atoms with Gasteiger partial charge in [-0.25, -0.2) is 9.59 Å².